The van der Waals surface area contributed by atoms with Crippen molar-refractivity contribution in [3.8, 4) is 0 Å². The third kappa shape index (κ3) is 4.29. The van der Waals surface area contributed by atoms with Gasteiger partial charge in [0, 0.05) is 36.8 Å². The standard InChI is InChI=1S/C17H20BrN3O/c18-16-5-6-17(20-12-16)19-11-14-3-1-2-4-15(14)13-21-7-9-22-10-8-21/h1-6,12H,7-11,13H2,(H,19,20). The van der Waals surface area contributed by atoms with E-state index < -0.39 is 0 Å². The summed E-state index contributed by atoms with van der Waals surface area (Å²) in [6.07, 6.45) is 1.81. The van der Waals surface area contributed by atoms with E-state index >= 15 is 0 Å². The molecule has 22 heavy (non-hydrogen) atoms. The van der Waals surface area contributed by atoms with E-state index in [0.29, 0.717) is 0 Å². The van der Waals surface area contributed by atoms with Crippen LogP contribution in [0.25, 0.3) is 0 Å². The molecule has 2 aromatic rings. The SMILES string of the molecule is Brc1ccc(NCc2ccccc2CN2CCOCC2)nc1. The highest BCUT2D eigenvalue weighted by Gasteiger charge is 2.12. The van der Waals surface area contributed by atoms with Gasteiger partial charge in [0.05, 0.1) is 13.2 Å². The zero-order valence-electron chi connectivity index (χ0n) is 12.5. The number of benzene rings is 1. The highest BCUT2D eigenvalue weighted by Crippen LogP contribution is 2.16. The Morgan fingerprint density at radius 1 is 1.09 bits per heavy atom. The lowest BCUT2D eigenvalue weighted by molar-refractivity contribution is 0.0341. The van der Waals surface area contributed by atoms with E-state index in [4.69, 9.17) is 4.74 Å². The van der Waals surface area contributed by atoms with Crippen LogP contribution in [0.4, 0.5) is 5.82 Å². The minimum absolute atomic E-state index is 0.787. The van der Waals surface area contributed by atoms with Crippen LogP contribution in [-0.4, -0.2) is 36.2 Å². The smallest absolute Gasteiger partial charge is 0.126 e. The molecule has 0 spiro atoms. The normalized spacial score (nSPS) is 15.7. The van der Waals surface area contributed by atoms with E-state index in [9.17, 15) is 0 Å². The molecule has 0 bridgehead atoms. The molecule has 116 valence electrons. The summed E-state index contributed by atoms with van der Waals surface area (Å²) in [5.74, 6) is 0.893. The Labute approximate surface area is 139 Å². The van der Waals surface area contributed by atoms with Crippen molar-refractivity contribution in [1.82, 2.24) is 9.88 Å². The molecular weight excluding hydrogens is 342 g/mol. The largest absolute Gasteiger partial charge is 0.379 e. The number of hydrogen-bond acceptors (Lipinski definition) is 4. The molecule has 1 fully saturated rings. The molecule has 2 heterocycles. The third-order valence-corrected chi connectivity index (χ3v) is 4.27. The number of anilines is 1. The maximum Gasteiger partial charge on any atom is 0.126 e. The van der Waals surface area contributed by atoms with E-state index in [1.807, 2.05) is 18.3 Å². The van der Waals surface area contributed by atoms with Crippen LogP contribution in [0.3, 0.4) is 0 Å². The average Bonchev–Trinajstić information content (AvgIpc) is 2.56. The van der Waals surface area contributed by atoms with Crippen molar-refractivity contribution < 1.29 is 4.74 Å². The Morgan fingerprint density at radius 3 is 2.59 bits per heavy atom. The molecule has 5 heteroatoms. The monoisotopic (exact) mass is 361 g/mol. The van der Waals surface area contributed by atoms with Gasteiger partial charge in [0.2, 0.25) is 0 Å². The number of halogens is 1. The van der Waals surface area contributed by atoms with E-state index in [1.165, 1.54) is 11.1 Å². The molecule has 0 radical (unpaired) electrons. The zero-order valence-corrected chi connectivity index (χ0v) is 14.1. The molecule has 0 atom stereocenters. The maximum atomic E-state index is 5.42. The van der Waals surface area contributed by atoms with Crippen molar-refractivity contribution in [2.24, 2.45) is 0 Å². The number of ether oxygens (including phenoxy) is 1. The molecule has 1 aliphatic rings. The second-order valence-corrected chi connectivity index (χ2v) is 6.29. The van der Waals surface area contributed by atoms with Gasteiger partial charge in [0.15, 0.2) is 0 Å². The fourth-order valence-corrected chi connectivity index (χ4v) is 2.79. The molecule has 3 rings (SSSR count). The summed E-state index contributed by atoms with van der Waals surface area (Å²) in [5.41, 5.74) is 2.69. The summed E-state index contributed by atoms with van der Waals surface area (Å²) in [6, 6.07) is 12.6. The van der Waals surface area contributed by atoms with Crippen molar-refractivity contribution in [2.45, 2.75) is 13.1 Å². The number of morpholine rings is 1. The van der Waals surface area contributed by atoms with Crippen LogP contribution in [0, 0.1) is 0 Å². The van der Waals surface area contributed by atoms with Crippen LogP contribution in [0.2, 0.25) is 0 Å². The summed E-state index contributed by atoms with van der Waals surface area (Å²) in [6.45, 7) is 5.46. The Hall–Kier alpha value is -1.43. The Kier molecular flexibility index (Phi) is 5.43. The molecule has 1 N–H and O–H groups in total. The zero-order chi connectivity index (χ0) is 15.2. The lowest BCUT2D eigenvalue weighted by Gasteiger charge is -2.27. The number of rotatable bonds is 5. The molecule has 4 nitrogen and oxygen atoms in total. The fourth-order valence-electron chi connectivity index (χ4n) is 2.55. The molecular formula is C17H20BrN3O. The van der Waals surface area contributed by atoms with Crippen molar-refractivity contribution in [1.29, 1.82) is 0 Å². The highest BCUT2D eigenvalue weighted by atomic mass is 79.9. The molecule has 1 aromatic heterocycles. The van der Waals surface area contributed by atoms with E-state index in [1.54, 1.807) is 0 Å². The Balaban J connectivity index is 1.64. The Morgan fingerprint density at radius 2 is 1.86 bits per heavy atom. The summed E-state index contributed by atoms with van der Waals surface area (Å²) < 4.78 is 6.41. The minimum Gasteiger partial charge on any atom is -0.379 e. The molecule has 1 aliphatic heterocycles. The van der Waals surface area contributed by atoms with Crippen molar-refractivity contribution in [2.75, 3.05) is 31.6 Å². The number of nitrogens with one attached hydrogen (secondary N) is 1. The quantitative estimate of drug-likeness (QED) is 0.886. The van der Waals surface area contributed by atoms with Gasteiger partial charge in [-0.2, -0.15) is 0 Å². The summed E-state index contributed by atoms with van der Waals surface area (Å²) in [5, 5.41) is 3.39. The second-order valence-electron chi connectivity index (χ2n) is 5.37. The highest BCUT2D eigenvalue weighted by molar-refractivity contribution is 9.10. The van der Waals surface area contributed by atoms with Crippen LogP contribution in [0.1, 0.15) is 11.1 Å². The fraction of sp³-hybridized carbons (Fsp3) is 0.353. The first-order valence-corrected chi connectivity index (χ1v) is 8.33. The van der Waals surface area contributed by atoms with Crippen molar-refractivity contribution in [3.05, 3.63) is 58.2 Å². The minimum atomic E-state index is 0.787. The number of hydrogen-bond donors (Lipinski definition) is 1. The topological polar surface area (TPSA) is 37.4 Å². The molecule has 0 amide bonds. The first-order chi connectivity index (χ1) is 10.8. The first-order valence-electron chi connectivity index (χ1n) is 7.53. The Bertz CT molecular complexity index is 597. The van der Waals surface area contributed by atoms with Crippen LogP contribution < -0.4 is 5.32 Å². The van der Waals surface area contributed by atoms with Crippen molar-refractivity contribution >= 4 is 21.7 Å². The van der Waals surface area contributed by atoms with Gasteiger partial charge < -0.3 is 10.1 Å². The van der Waals surface area contributed by atoms with Gasteiger partial charge in [-0.3, -0.25) is 4.90 Å². The van der Waals surface area contributed by atoms with Gasteiger partial charge in [-0.15, -0.1) is 0 Å². The predicted molar refractivity (Wildman–Crippen MR) is 91.8 cm³/mol. The summed E-state index contributed by atoms with van der Waals surface area (Å²) in [4.78, 5) is 6.80. The van der Waals surface area contributed by atoms with E-state index in [2.05, 4.69) is 55.4 Å². The molecule has 1 aromatic carbocycles. The van der Waals surface area contributed by atoms with Crippen LogP contribution >= 0.6 is 15.9 Å². The van der Waals surface area contributed by atoms with Gasteiger partial charge >= 0.3 is 0 Å². The maximum absolute atomic E-state index is 5.42. The van der Waals surface area contributed by atoms with Gasteiger partial charge in [-0.1, -0.05) is 24.3 Å². The van der Waals surface area contributed by atoms with Crippen LogP contribution in [0.5, 0.6) is 0 Å². The number of aromatic nitrogens is 1. The molecule has 1 saturated heterocycles. The lowest BCUT2D eigenvalue weighted by Crippen LogP contribution is -2.35. The second kappa shape index (κ2) is 7.72. The summed E-state index contributed by atoms with van der Waals surface area (Å²) >= 11 is 3.40. The van der Waals surface area contributed by atoms with Gasteiger partial charge in [0.25, 0.3) is 0 Å². The van der Waals surface area contributed by atoms with Gasteiger partial charge in [-0.25, -0.2) is 4.98 Å². The number of pyridine rings is 1. The molecule has 0 unspecified atom stereocenters. The van der Waals surface area contributed by atoms with Crippen molar-refractivity contribution in [3.63, 3.8) is 0 Å². The van der Waals surface area contributed by atoms with Crippen LogP contribution in [-0.2, 0) is 17.8 Å². The lowest BCUT2D eigenvalue weighted by atomic mass is 10.1. The average molecular weight is 362 g/mol. The predicted octanol–water partition coefficient (Wildman–Crippen LogP) is 3.29. The van der Waals surface area contributed by atoms with Gasteiger partial charge in [-0.05, 0) is 39.2 Å². The third-order valence-electron chi connectivity index (χ3n) is 3.80. The van der Waals surface area contributed by atoms with Gasteiger partial charge in [0.1, 0.15) is 5.82 Å². The molecule has 0 saturated carbocycles. The van der Waals surface area contributed by atoms with E-state index in [-0.39, 0.29) is 0 Å². The van der Waals surface area contributed by atoms with E-state index in [0.717, 1.165) is 49.7 Å². The number of nitrogens with zero attached hydrogens (tertiary/aromatic N) is 2. The first kappa shape index (κ1) is 15.5. The molecule has 0 aliphatic carbocycles. The van der Waals surface area contributed by atoms with Crippen LogP contribution in [0.15, 0.2) is 47.1 Å². The summed E-state index contributed by atoms with van der Waals surface area (Å²) in [7, 11) is 0.